The highest BCUT2D eigenvalue weighted by molar-refractivity contribution is 5.26. The van der Waals surface area contributed by atoms with Crippen molar-refractivity contribution in [3.05, 3.63) is 35.9 Å². The van der Waals surface area contributed by atoms with Crippen LogP contribution in [0.3, 0.4) is 0 Å². The molecule has 3 N–H and O–H groups in total. The fraction of sp³-hybridized carbons (Fsp3) is 0.684. The number of aliphatic hydroxyl groups excluding tert-OH is 1. The number of benzene rings is 1. The fourth-order valence-corrected chi connectivity index (χ4v) is 2.99. The van der Waals surface area contributed by atoms with Crippen LogP contribution >= 0.6 is 0 Å². The van der Waals surface area contributed by atoms with Crippen molar-refractivity contribution in [2.24, 2.45) is 5.73 Å². The molecule has 0 bridgehead atoms. The first-order chi connectivity index (χ1) is 10.3. The van der Waals surface area contributed by atoms with Gasteiger partial charge in [0.05, 0.1) is 6.61 Å². The Balaban J connectivity index is 2.32. The fourth-order valence-electron chi connectivity index (χ4n) is 2.99. The molecule has 1 rings (SSSR count). The Bertz CT molecular complexity index is 346. The van der Waals surface area contributed by atoms with Gasteiger partial charge < -0.3 is 10.8 Å². The standard InChI is InChI=1S/C19H33NO/c1-2-3-4-5-6-7-8-12-15-19(16-20,17-21)18-13-10-9-11-14-18/h9-11,13-14,21H,2-8,12,15-17,20H2,1H3. The number of rotatable bonds is 12. The normalized spacial score (nSPS) is 14.0. The van der Waals surface area contributed by atoms with E-state index in [-0.39, 0.29) is 12.0 Å². The molecule has 0 saturated heterocycles. The summed E-state index contributed by atoms with van der Waals surface area (Å²) in [5, 5.41) is 9.85. The van der Waals surface area contributed by atoms with Crippen LogP contribution in [0.25, 0.3) is 0 Å². The number of unbranched alkanes of at least 4 members (excludes halogenated alkanes) is 7. The van der Waals surface area contributed by atoms with E-state index in [1.54, 1.807) is 0 Å². The van der Waals surface area contributed by atoms with Crippen LogP contribution in [-0.4, -0.2) is 18.3 Å². The van der Waals surface area contributed by atoms with Gasteiger partial charge in [0.15, 0.2) is 0 Å². The maximum absolute atomic E-state index is 9.85. The monoisotopic (exact) mass is 291 g/mol. The molecule has 21 heavy (non-hydrogen) atoms. The largest absolute Gasteiger partial charge is 0.395 e. The van der Waals surface area contributed by atoms with Crippen molar-refractivity contribution in [3.63, 3.8) is 0 Å². The van der Waals surface area contributed by atoms with E-state index in [2.05, 4.69) is 19.1 Å². The molecule has 0 heterocycles. The Morgan fingerprint density at radius 1 is 0.905 bits per heavy atom. The zero-order valence-electron chi connectivity index (χ0n) is 13.7. The minimum atomic E-state index is -0.247. The third kappa shape index (κ3) is 6.19. The van der Waals surface area contributed by atoms with Gasteiger partial charge in [-0.15, -0.1) is 0 Å². The Morgan fingerprint density at radius 2 is 1.48 bits per heavy atom. The van der Waals surface area contributed by atoms with Gasteiger partial charge in [-0.3, -0.25) is 0 Å². The van der Waals surface area contributed by atoms with E-state index in [0.29, 0.717) is 6.54 Å². The van der Waals surface area contributed by atoms with Gasteiger partial charge in [0.2, 0.25) is 0 Å². The van der Waals surface area contributed by atoms with Crippen LogP contribution in [0.2, 0.25) is 0 Å². The van der Waals surface area contributed by atoms with E-state index < -0.39 is 0 Å². The van der Waals surface area contributed by atoms with E-state index in [4.69, 9.17) is 5.73 Å². The van der Waals surface area contributed by atoms with Crippen LogP contribution in [0.4, 0.5) is 0 Å². The van der Waals surface area contributed by atoms with E-state index >= 15 is 0 Å². The van der Waals surface area contributed by atoms with Gasteiger partial charge in [-0.05, 0) is 12.0 Å². The predicted molar refractivity (Wildman–Crippen MR) is 91.5 cm³/mol. The van der Waals surface area contributed by atoms with Gasteiger partial charge in [0.1, 0.15) is 0 Å². The SMILES string of the molecule is CCCCCCCCCCC(CN)(CO)c1ccccc1. The third-order valence-electron chi connectivity index (χ3n) is 4.59. The third-order valence-corrected chi connectivity index (χ3v) is 4.59. The molecule has 0 aromatic heterocycles. The van der Waals surface area contributed by atoms with Gasteiger partial charge in [-0.1, -0.05) is 88.6 Å². The molecule has 1 unspecified atom stereocenters. The first-order valence-corrected chi connectivity index (χ1v) is 8.65. The van der Waals surface area contributed by atoms with Crippen LogP contribution in [0.1, 0.15) is 70.3 Å². The minimum Gasteiger partial charge on any atom is -0.395 e. The van der Waals surface area contributed by atoms with E-state index in [0.717, 1.165) is 12.8 Å². The minimum absolute atomic E-state index is 0.143. The second-order valence-electron chi connectivity index (χ2n) is 6.23. The zero-order valence-corrected chi connectivity index (χ0v) is 13.7. The van der Waals surface area contributed by atoms with Gasteiger partial charge in [-0.25, -0.2) is 0 Å². The predicted octanol–water partition coefficient (Wildman–Crippen LogP) is 4.41. The first kappa shape index (κ1) is 18.2. The van der Waals surface area contributed by atoms with Crippen molar-refractivity contribution in [1.82, 2.24) is 0 Å². The lowest BCUT2D eigenvalue weighted by Crippen LogP contribution is -2.38. The average molecular weight is 291 g/mol. The molecule has 1 atom stereocenters. The number of hydrogen-bond acceptors (Lipinski definition) is 2. The maximum Gasteiger partial charge on any atom is 0.0540 e. The molecule has 0 saturated carbocycles. The summed E-state index contributed by atoms with van der Waals surface area (Å²) in [7, 11) is 0. The molecular weight excluding hydrogens is 258 g/mol. The van der Waals surface area contributed by atoms with Gasteiger partial charge >= 0.3 is 0 Å². The Labute approximate surface area is 130 Å². The van der Waals surface area contributed by atoms with Crippen LogP contribution in [0, 0.1) is 0 Å². The molecule has 0 aliphatic heterocycles. The van der Waals surface area contributed by atoms with Crippen molar-refractivity contribution >= 4 is 0 Å². The molecular formula is C19H33NO. The topological polar surface area (TPSA) is 46.2 Å². The second kappa shape index (κ2) is 10.8. The Morgan fingerprint density at radius 3 is 2.00 bits per heavy atom. The zero-order chi connectivity index (χ0) is 15.4. The van der Waals surface area contributed by atoms with Crippen molar-refractivity contribution in [2.75, 3.05) is 13.2 Å². The summed E-state index contributed by atoms with van der Waals surface area (Å²) in [6.07, 6.45) is 11.5. The van der Waals surface area contributed by atoms with Gasteiger partial charge in [-0.2, -0.15) is 0 Å². The summed E-state index contributed by atoms with van der Waals surface area (Å²) in [6, 6.07) is 10.3. The molecule has 0 spiro atoms. The Kier molecular flexibility index (Phi) is 9.36. The van der Waals surface area contributed by atoms with Gasteiger partial charge in [0.25, 0.3) is 0 Å². The maximum atomic E-state index is 9.85. The quantitative estimate of drug-likeness (QED) is 0.560. The van der Waals surface area contributed by atoms with E-state index in [1.165, 1.54) is 50.5 Å². The number of nitrogens with two attached hydrogens (primary N) is 1. The summed E-state index contributed by atoms with van der Waals surface area (Å²) < 4.78 is 0. The Hall–Kier alpha value is -0.860. The first-order valence-electron chi connectivity index (χ1n) is 8.65. The lowest BCUT2D eigenvalue weighted by molar-refractivity contribution is 0.184. The molecule has 0 fully saturated rings. The second-order valence-corrected chi connectivity index (χ2v) is 6.23. The number of hydrogen-bond donors (Lipinski definition) is 2. The van der Waals surface area contributed by atoms with Crippen LogP contribution in [0.15, 0.2) is 30.3 Å². The summed E-state index contributed by atoms with van der Waals surface area (Å²) >= 11 is 0. The van der Waals surface area contributed by atoms with Gasteiger partial charge in [0, 0.05) is 12.0 Å². The van der Waals surface area contributed by atoms with Crippen LogP contribution in [0.5, 0.6) is 0 Å². The molecule has 0 aliphatic rings. The van der Waals surface area contributed by atoms with Crippen molar-refractivity contribution in [3.8, 4) is 0 Å². The molecule has 0 amide bonds. The highest BCUT2D eigenvalue weighted by Gasteiger charge is 2.29. The van der Waals surface area contributed by atoms with Crippen molar-refractivity contribution in [2.45, 2.75) is 70.1 Å². The van der Waals surface area contributed by atoms with Crippen molar-refractivity contribution in [1.29, 1.82) is 0 Å². The molecule has 1 aromatic carbocycles. The summed E-state index contributed by atoms with van der Waals surface area (Å²) in [4.78, 5) is 0. The average Bonchev–Trinajstić information content (AvgIpc) is 2.55. The molecule has 2 heteroatoms. The molecule has 0 aliphatic carbocycles. The van der Waals surface area contributed by atoms with E-state index in [9.17, 15) is 5.11 Å². The van der Waals surface area contributed by atoms with E-state index in [1.807, 2.05) is 18.2 Å². The van der Waals surface area contributed by atoms with Crippen LogP contribution in [-0.2, 0) is 5.41 Å². The molecule has 120 valence electrons. The molecule has 2 nitrogen and oxygen atoms in total. The lowest BCUT2D eigenvalue weighted by Gasteiger charge is -2.31. The van der Waals surface area contributed by atoms with Crippen LogP contribution < -0.4 is 5.73 Å². The summed E-state index contributed by atoms with van der Waals surface area (Å²) in [5.74, 6) is 0. The molecule has 1 aromatic rings. The lowest BCUT2D eigenvalue weighted by atomic mass is 9.77. The van der Waals surface area contributed by atoms with Crippen molar-refractivity contribution < 1.29 is 5.11 Å². The summed E-state index contributed by atoms with van der Waals surface area (Å²) in [6.45, 7) is 2.92. The highest BCUT2D eigenvalue weighted by atomic mass is 16.3. The molecule has 0 radical (unpaired) electrons. The smallest absolute Gasteiger partial charge is 0.0540 e. The highest BCUT2D eigenvalue weighted by Crippen LogP contribution is 2.29. The number of aliphatic hydroxyl groups is 1. The summed E-state index contributed by atoms with van der Waals surface area (Å²) in [5.41, 5.74) is 6.92.